The number of hydrogen-bond acceptors (Lipinski definition) is 3. The van der Waals surface area contributed by atoms with Crippen molar-refractivity contribution in [1.82, 2.24) is 0 Å². The summed E-state index contributed by atoms with van der Waals surface area (Å²) in [7, 11) is 0. The van der Waals surface area contributed by atoms with E-state index in [0.717, 1.165) is 27.0 Å². The Morgan fingerprint density at radius 3 is 2.59 bits per heavy atom. The number of nitrogens with one attached hydrogen (secondary N) is 1. The van der Waals surface area contributed by atoms with Crippen molar-refractivity contribution >= 4 is 27.6 Å². The van der Waals surface area contributed by atoms with Crippen LogP contribution in [-0.2, 0) is 13.2 Å². The van der Waals surface area contributed by atoms with E-state index in [-0.39, 0.29) is 0 Å². The van der Waals surface area contributed by atoms with Crippen LogP contribution in [0.2, 0.25) is 0 Å². The molecule has 0 atom stereocenters. The highest BCUT2D eigenvalue weighted by atomic mass is 79.9. The standard InChI is InChI=1S/C22H20BrNO3/c1-15-19(22(25)26)8-5-9-20(15)24-13-17-12-18(23)10-11-21(17)27-14-16-6-3-2-4-7-16/h2-12,24H,13-14H2,1H3,(H,25,26). The molecule has 0 fully saturated rings. The first kappa shape index (κ1) is 19.0. The molecule has 0 aliphatic carbocycles. The van der Waals surface area contributed by atoms with Crippen LogP contribution in [0.4, 0.5) is 5.69 Å². The maximum Gasteiger partial charge on any atom is 0.336 e. The van der Waals surface area contributed by atoms with E-state index < -0.39 is 5.97 Å². The fraction of sp³-hybridized carbons (Fsp3) is 0.136. The van der Waals surface area contributed by atoms with Gasteiger partial charge in [0.2, 0.25) is 0 Å². The van der Waals surface area contributed by atoms with E-state index in [0.29, 0.717) is 24.3 Å². The first-order valence-electron chi connectivity index (χ1n) is 8.56. The molecule has 0 radical (unpaired) electrons. The third-order valence-electron chi connectivity index (χ3n) is 4.29. The van der Waals surface area contributed by atoms with Gasteiger partial charge in [0.15, 0.2) is 0 Å². The molecule has 2 N–H and O–H groups in total. The Morgan fingerprint density at radius 2 is 1.85 bits per heavy atom. The summed E-state index contributed by atoms with van der Waals surface area (Å²) in [5.41, 5.74) is 3.90. The molecule has 0 aliphatic heterocycles. The number of rotatable bonds is 7. The first-order chi connectivity index (χ1) is 13.0. The molecule has 3 rings (SSSR count). The summed E-state index contributed by atoms with van der Waals surface area (Å²) in [6.07, 6.45) is 0. The minimum Gasteiger partial charge on any atom is -0.489 e. The minimum atomic E-state index is -0.925. The van der Waals surface area contributed by atoms with Crippen molar-refractivity contribution in [2.45, 2.75) is 20.1 Å². The Labute approximate surface area is 166 Å². The van der Waals surface area contributed by atoms with Gasteiger partial charge in [0.25, 0.3) is 0 Å². The molecule has 0 unspecified atom stereocenters. The number of anilines is 1. The minimum absolute atomic E-state index is 0.301. The molecule has 0 saturated carbocycles. The second-order valence-corrected chi connectivity index (χ2v) is 7.08. The quantitative estimate of drug-likeness (QED) is 0.513. The van der Waals surface area contributed by atoms with Crippen LogP contribution in [0.25, 0.3) is 0 Å². The lowest BCUT2D eigenvalue weighted by Crippen LogP contribution is -2.07. The lowest BCUT2D eigenvalue weighted by atomic mass is 10.1. The van der Waals surface area contributed by atoms with Crippen LogP contribution in [0.15, 0.2) is 71.2 Å². The van der Waals surface area contributed by atoms with Gasteiger partial charge in [-0.1, -0.05) is 52.3 Å². The number of carbonyl (C=O) groups is 1. The lowest BCUT2D eigenvalue weighted by Gasteiger charge is -2.15. The summed E-state index contributed by atoms with van der Waals surface area (Å²) in [6.45, 7) is 2.82. The summed E-state index contributed by atoms with van der Waals surface area (Å²) >= 11 is 3.50. The molecule has 0 aliphatic rings. The van der Waals surface area contributed by atoms with Gasteiger partial charge in [0, 0.05) is 22.3 Å². The number of carboxylic acids is 1. The van der Waals surface area contributed by atoms with Gasteiger partial charge in [0.05, 0.1) is 5.56 Å². The highest BCUT2D eigenvalue weighted by Gasteiger charge is 2.11. The summed E-state index contributed by atoms with van der Waals surface area (Å²) in [5.74, 6) is -0.132. The molecule has 5 heteroatoms. The van der Waals surface area contributed by atoms with Gasteiger partial charge in [-0.15, -0.1) is 0 Å². The Bertz CT molecular complexity index is 942. The van der Waals surface area contributed by atoms with Gasteiger partial charge in [0.1, 0.15) is 12.4 Å². The fourth-order valence-corrected chi connectivity index (χ4v) is 3.22. The van der Waals surface area contributed by atoms with E-state index in [2.05, 4.69) is 21.2 Å². The van der Waals surface area contributed by atoms with Gasteiger partial charge < -0.3 is 15.2 Å². The highest BCUT2D eigenvalue weighted by Crippen LogP contribution is 2.26. The van der Waals surface area contributed by atoms with Crippen LogP contribution < -0.4 is 10.1 Å². The van der Waals surface area contributed by atoms with Crippen molar-refractivity contribution in [1.29, 1.82) is 0 Å². The van der Waals surface area contributed by atoms with Gasteiger partial charge in [-0.25, -0.2) is 4.79 Å². The van der Waals surface area contributed by atoms with Gasteiger partial charge in [-0.3, -0.25) is 0 Å². The molecule has 4 nitrogen and oxygen atoms in total. The zero-order valence-electron chi connectivity index (χ0n) is 14.9. The van der Waals surface area contributed by atoms with Crippen LogP contribution in [0.1, 0.15) is 27.0 Å². The van der Waals surface area contributed by atoms with Crippen LogP contribution in [-0.4, -0.2) is 11.1 Å². The average Bonchev–Trinajstić information content (AvgIpc) is 2.67. The average molecular weight is 426 g/mol. The molecule has 0 heterocycles. The van der Waals surface area contributed by atoms with Crippen LogP contribution >= 0.6 is 15.9 Å². The van der Waals surface area contributed by atoms with E-state index in [1.807, 2.05) is 54.6 Å². The zero-order chi connectivity index (χ0) is 19.2. The monoisotopic (exact) mass is 425 g/mol. The fourth-order valence-electron chi connectivity index (χ4n) is 2.81. The second-order valence-electron chi connectivity index (χ2n) is 6.16. The van der Waals surface area contributed by atoms with Crippen LogP contribution in [0, 0.1) is 6.92 Å². The Hall–Kier alpha value is -2.79. The van der Waals surface area contributed by atoms with Crippen molar-refractivity contribution in [3.8, 4) is 5.75 Å². The zero-order valence-corrected chi connectivity index (χ0v) is 16.5. The highest BCUT2D eigenvalue weighted by molar-refractivity contribution is 9.10. The van der Waals surface area contributed by atoms with E-state index in [9.17, 15) is 9.90 Å². The lowest BCUT2D eigenvalue weighted by molar-refractivity contribution is 0.0696. The third-order valence-corrected chi connectivity index (χ3v) is 4.79. The third kappa shape index (κ3) is 4.89. The van der Waals surface area contributed by atoms with Gasteiger partial charge >= 0.3 is 5.97 Å². The van der Waals surface area contributed by atoms with E-state index in [1.165, 1.54) is 0 Å². The first-order valence-corrected chi connectivity index (χ1v) is 9.36. The van der Waals surface area contributed by atoms with E-state index >= 15 is 0 Å². The van der Waals surface area contributed by atoms with Crippen molar-refractivity contribution in [3.05, 3.63) is 93.5 Å². The van der Waals surface area contributed by atoms with Crippen LogP contribution in [0.5, 0.6) is 5.75 Å². The topological polar surface area (TPSA) is 58.6 Å². The summed E-state index contributed by atoms with van der Waals surface area (Å²) in [6, 6.07) is 21.1. The molecule has 3 aromatic carbocycles. The smallest absolute Gasteiger partial charge is 0.336 e. The van der Waals surface area contributed by atoms with Gasteiger partial charge in [-0.2, -0.15) is 0 Å². The Morgan fingerprint density at radius 1 is 1.07 bits per heavy atom. The molecular weight excluding hydrogens is 406 g/mol. The molecule has 0 spiro atoms. The number of hydrogen-bond donors (Lipinski definition) is 2. The predicted molar refractivity (Wildman–Crippen MR) is 110 cm³/mol. The molecule has 0 amide bonds. The molecule has 27 heavy (non-hydrogen) atoms. The molecule has 3 aromatic rings. The van der Waals surface area contributed by atoms with Crippen molar-refractivity contribution < 1.29 is 14.6 Å². The Kier molecular flexibility index (Phi) is 6.14. The summed E-state index contributed by atoms with van der Waals surface area (Å²) < 4.78 is 6.96. The number of carboxylic acid groups (broad SMARTS) is 1. The molecular formula is C22H20BrNO3. The van der Waals surface area contributed by atoms with Gasteiger partial charge in [-0.05, 0) is 48.4 Å². The number of aromatic carboxylic acids is 1. The molecule has 0 saturated heterocycles. The van der Waals surface area contributed by atoms with E-state index in [4.69, 9.17) is 4.74 Å². The maximum atomic E-state index is 11.3. The number of benzene rings is 3. The predicted octanol–water partition coefficient (Wildman–Crippen LogP) is 5.65. The summed E-state index contributed by atoms with van der Waals surface area (Å²) in [5, 5.41) is 12.6. The SMILES string of the molecule is Cc1c(NCc2cc(Br)ccc2OCc2ccccc2)cccc1C(=O)O. The van der Waals surface area contributed by atoms with E-state index in [1.54, 1.807) is 19.1 Å². The summed E-state index contributed by atoms with van der Waals surface area (Å²) in [4.78, 5) is 11.3. The maximum absolute atomic E-state index is 11.3. The van der Waals surface area contributed by atoms with Crippen molar-refractivity contribution in [2.24, 2.45) is 0 Å². The van der Waals surface area contributed by atoms with Crippen molar-refractivity contribution in [2.75, 3.05) is 5.32 Å². The molecule has 0 aromatic heterocycles. The normalized spacial score (nSPS) is 10.4. The molecule has 0 bridgehead atoms. The largest absolute Gasteiger partial charge is 0.489 e. The van der Waals surface area contributed by atoms with Crippen molar-refractivity contribution in [3.63, 3.8) is 0 Å². The molecule has 138 valence electrons. The second kappa shape index (κ2) is 8.73. The van der Waals surface area contributed by atoms with Crippen LogP contribution in [0.3, 0.4) is 0 Å². The number of ether oxygens (including phenoxy) is 1. The number of halogens is 1. The Balaban J connectivity index is 1.76.